The van der Waals surface area contributed by atoms with Crippen molar-refractivity contribution in [2.75, 3.05) is 26.4 Å². The van der Waals surface area contributed by atoms with E-state index < -0.39 is 17.6 Å². The van der Waals surface area contributed by atoms with Crippen molar-refractivity contribution < 1.29 is 24.1 Å². The Labute approximate surface area is 279 Å². The topological polar surface area (TPSA) is 199 Å². The number of nitrogens with zero attached hydrogens (tertiary/aromatic N) is 7. The predicted octanol–water partition coefficient (Wildman–Crippen LogP) is 6.00. The Hall–Kier alpha value is -5.10. The van der Waals surface area contributed by atoms with Crippen LogP contribution in [0.25, 0.3) is 20.9 Å². The van der Waals surface area contributed by atoms with Crippen molar-refractivity contribution in [1.82, 2.24) is 10.9 Å². The molecule has 0 aromatic heterocycles. The van der Waals surface area contributed by atoms with Crippen molar-refractivity contribution >= 4 is 11.8 Å². The molecule has 0 radical (unpaired) electrons. The summed E-state index contributed by atoms with van der Waals surface area (Å²) in [5.74, 6) is 0.422. The smallest absolute Gasteiger partial charge is 0.266 e. The molecule has 252 valence electrons. The largest absolute Gasteiger partial charge is 0.494 e. The van der Waals surface area contributed by atoms with Crippen LogP contribution < -0.4 is 15.6 Å². The number of aliphatic imine (C=N–C) groups is 1. The Kier molecular flexibility index (Phi) is 13.6. The first-order valence-corrected chi connectivity index (χ1v) is 15.8. The number of nitrogens with one attached hydrogen (secondary N) is 2. The Bertz CT molecular complexity index is 1640. The minimum atomic E-state index is -1.55. The second-order valence-corrected chi connectivity index (χ2v) is 11.4. The number of hydrogen-bond donors (Lipinski definition) is 3. The van der Waals surface area contributed by atoms with Crippen LogP contribution in [0.15, 0.2) is 88.0 Å². The van der Waals surface area contributed by atoms with Gasteiger partial charge in [-0.2, -0.15) is 0 Å². The Morgan fingerprint density at radius 2 is 1.62 bits per heavy atom. The average Bonchev–Trinajstić information content (AvgIpc) is 3.49. The first-order valence-electron chi connectivity index (χ1n) is 15.8. The minimum absolute atomic E-state index is 0.0297. The SMILES string of the molecule is CC(C)OCCCNNC(=O)[C@@]1(Cc2ccccc2CN=[N+]=[N-])N=C(c2ccc(OCCCO)cc2)O[C@H]1c1ccccc1CN=[N+]=[N-]. The number of aliphatic hydroxyl groups excluding tert-OH is 1. The van der Waals surface area contributed by atoms with Gasteiger partial charge in [0, 0.05) is 48.0 Å². The van der Waals surface area contributed by atoms with E-state index in [1.165, 1.54) is 0 Å². The normalized spacial score (nSPS) is 16.8. The molecule has 1 amide bonds. The van der Waals surface area contributed by atoms with Gasteiger partial charge < -0.3 is 19.3 Å². The summed E-state index contributed by atoms with van der Waals surface area (Å²) in [5.41, 5.74) is 26.0. The highest BCUT2D eigenvalue weighted by molar-refractivity contribution is 6.01. The first kappa shape index (κ1) is 35.7. The first-order chi connectivity index (χ1) is 23.4. The molecule has 1 aliphatic rings. The van der Waals surface area contributed by atoms with Gasteiger partial charge in [-0.25, -0.2) is 10.4 Å². The summed E-state index contributed by atoms with van der Waals surface area (Å²) in [6.07, 6.45) is 0.434. The van der Waals surface area contributed by atoms with Gasteiger partial charge in [0.2, 0.25) is 5.90 Å². The zero-order chi connectivity index (χ0) is 34.2. The molecule has 0 spiro atoms. The van der Waals surface area contributed by atoms with E-state index in [0.29, 0.717) is 55.0 Å². The number of hydrogen-bond acceptors (Lipinski definition) is 9. The molecule has 4 rings (SSSR count). The molecule has 1 heterocycles. The molecule has 3 aromatic rings. The number of ether oxygens (including phenoxy) is 3. The molecular formula is C34H41N9O5. The third-order valence-electron chi connectivity index (χ3n) is 7.65. The van der Waals surface area contributed by atoms with Crippen LogP contribution >= 0.6 is 0 Å². The summed E-state index contributed by atoms with van der Waals surface area (Å²) in [5, 5.41) is 16.7. The number of carbonyl (C=O) groups is 1. The number of amides is 1. The van der Waals surface area contributed by atoms with Crippen molar-refractivity contribution in [2.45, 2.75) is 63.9 Å². The monoisotopic (exact) mass is 655 g/mol. The molecule has 14 nitrogen and oxygen atoms in total. The molecule has 48 heavy (non-hydrogen) atoms. The Morgan fingerprint density at radius 1 is 0.958 bits per heavy atom. The van der Waals surface area contributed by atoms with E-state index in [4.69, 9.17) is 35.4 Å². The quantitative estimate of drug-likeness (QED) is 0.0465. The minimum Gasteiger partial charge on any atom is -0.494 e. The molecule has 0 saturated carbocycles. The van der Waals surface area contributed by atoms with Crippen molar-refractivity contribution in [3.05, 3.63) is 121 Å². The van der Waals surface area contributed by atoms with E-state index in [9.17, 15) is 4.79 Å². The maximum atomic E-state index is 14.5. The number of azide groups is 2. The highest BCUT2D eigenvalue weighted by Crippen LogP contribution is 2.44. The maximum Gasteiger partial charge on any atom is 0.266 e. The van der Waals surface area contributed by atoms with Crippen LogP contribution in [0.3, 0.4) is 0 Å². The molecule has 0 unspecified atom stereocenters. The van der Waals surface area contributed by atoms with Crippen molar-refractivity contribution in [2.24, 2.45) is 15.2 Å². The fraction of sp³-hybridized carbons (Fsp3) is 0.412. The molecule has 2 atom stereocenters. The Morgan fingerprint density at radius 3 is 2.31 bits per heavy atom. The maximum absolute atomic E-state index is 14.5. The fourth-order valence-electron chi connectivity index (χ4n) is 5.31. The van der Waals surface area contributed by atoms with Crippen LogP contribution in [-0.2, 0) is 33.8 Å². The number of aliphatic hydroxyl groups is 1. The summed E-state index contributed by atoms with van der Waals surface area (Å²) in [6, 6.07) is 21.9. The van der Waals surface area contributed by atoms with E-state index in [2.05, 4.69) is 30.9 Å². The number of rotatable bonds is 19. The molecule has 0 saturated heterocycles. The standard InChI is InChI=1S/C34H41N9O5/c1-24(2)46-19-7-17-37-41-33(45)34(21-26-9-3-4-10-27(26)22-38-42-35)31(30-12-6-5-11-28(30)23-39-43-36)48-32(40-34)25-13-15-29(16-14-25)47-20-8-18-44/h3-6,9-16,24,31,37,44H,7-8,17-23H2,1-2H3,(H,41,45)/t31-,34-/m0/s1. The van der Waals surface area contributed by atoms with Crippen LogP contribution in [0.5, 0.6) is 5.75 Å². The lowest BCUT2D eigenvalue weighted by Gasteiger charge is -2.32. The van der Waals surface area contributed by atoms with Gasteiger partial charge >= 0.3 is 0 Å². The van der Waals surface area contributed by atoms with Gasteiger partial charge in [-0.1, -0.05) is 58.8 Å². The van der Waals surface area contributed by atoms with Gasteiger partial charge in [0.25, 0.3) is 5.91 Å². The van der Waals surface area contributed by atoms with Gasteiger partial charge in [0.15, 0.2) is 11.6 Å². The molecular weight excluding hydrogens is 614 g/mol. The summed E-state index contributed by atoms with van der Waals surface area (Å²) in [4.78, 5) is 25.5. The molecule has 3 N–H and O–H groups in total. The van der Waals surface area contributed by atoms with Gasteiger partial charge in [-0.15, -0.1) is 0 Å². The van der Waals surface area contributed by atoms with Gasteiger partial charge in [-0.3, -0.25) is 10.2 Å². The molecule has 14 heteroatoms. The zero-order valence-electron chi connectivity index (χ0n) is 27.2. The summed E-state index contributed by atoms with van der Waals surface area (Å²) >= 11 is 0. The second-order valence-electron chi connectivity index (χ2n) is 11.4. The zero-order valence-corrected chi connectivity index (χ0v) is 27.2. The summed E-state index contributed by atoms with van der Waals surface area (Å²) < 4.78 is 18.0. The van der Waals surface area contributed by atoms with Crippen LogP contribution in [0.2, 0.25) is 0 Å². The van der Waals surface area contributed by atoms with Crippen LogP contribution in [0, 0.1) is 0 Å². The third-order valence-corrected chi connectivity index (χ3v) is 7.65. The van der Waals surface area contributed by atoms with Gasteiger partial charge in [0.05, 0.1) is 25.8 Å². The lowest BCUT2D eigenvalue weighted by molar-refractivity contribution is -0.130. The van der Waals surface area contributed by atoms with E-state index in [-0.39, 0.29) is 38.1 Å². The third kappa shape index (κ3) is 9.47. The van der Waals surface area contributed by atoms with Crippen molar-refractivity contribution in [3.63, 3.8) is 0 Å². The molecule has 3 aromatic carbocycles. The van der Waals surface area contributed by atoms with Crippen molar-refractivity contribution in [3.8, 4) is 5.75 Å². The van der Waals surface area contributed by atoms with Crippen LogP contribution in [0.1, 0.15) is 60.6 Å². The molecule has 0 fully saturated rings. The predicted molar refractivity (Wildman–Crippen MR) is 181 cm³/mol. The number of benzene rings is 3. The van der Waals surface area contributed by atoms with Crippen LogP contribution in [-0.4, -0.2) is 54.9 Å². The number of carbonyl (C=O) groups excluding carboxylic acids is 1. The highest BCUT2D eigenvalue weighted by atomic mass is 16.5. The van der Waals surface area contributed by atoms with Gasteiger partial charge in [0.1, 0.15) is 5.75 Å². The average molecular weight is 656 g/mol. The molecule has 0 aliphatic carbocycles. The lowest BCUT2D eigenvalue weighted by atomic mass is 9.80. The fourth-order valence-corrected chi connectivity index (χ4v) is 5.31. The number of hydrazine groups is 1. The molecule has 0 bridgehead atoms. The lowest BCUT2D eigenvalue weighted by Crippen LogP contribution is -2.54. The second kappa shape index (κ2) is 18.3. The van der Waals surface area contributed by atoms with E-state index >= 15 is 0 Å². The van der Waals surface area contributed by atoms with E-state index in [1.807, 2.05) is 62.4 Å². The molecule has 1 aliphatic heterocycles. The van der Waals surface area contributed by atoms with Crippen LogP contribution in [0.4, 0.5) is 0 Å². The summed E-state index contributed by atoms with van der Waals surface area (Å²) in [6.45, 7) is 5.44. The summed E-state index contributed by atoms with van der Waals surface area (Å²) in [7, 11) is 0. The van der Waals surface area contributed by atoms with Gasteiger partial charge in [-0.05, 0) is 77.8 Å². The highest BCUT2D eigenvalue weighted by Gasteiger charge is 2.54. The van der Waals surface area contributed by atoms with Crippen molar-refractivity contribution in [1.29, 1.82) is 0 Å². The van der Waals surface area contributed by atoms with E-state index in [0.717, 1.165) is 11.1 Å². The Balaban J connectivity index is 1.80. The van der Waals surface area contributed by atoms with E-state index in [1.54, 1.807) is 24.3 Å².